The molecule has 35 heavy (non-hydrogen) atoms. The number of ketones is 1. The lowest BCUT2D eigenvalue weighted by molar-refractivity contribution is -0.116. The molecule has 0 aliphatic heterocycles. The average Bonchev–Trinajstić information content (AvgIpc) is 2.89. The van der Waals surface area contributed by atoms with Gasteiger partial charge in [0.05, 0.1) is 6.16 Å². The van der Waals surface area contributed by atoms with Crippen LogP contribution in [0.5, 0.6) is 0 Å². The van der Waals surface area contributed by atoms with Gasteiger partial charge < -0.3 is 0 Å². The fourth-order valence-corrected chi connectivity index (χ4v) is 9.26. The first-order chi connectivity index (χ1) is 16.8. The Morgan fingerprint density at radius 3 is 1.74 bits per heavy atom. The first-order valence-electron chi connectivity index (χ1n) is 12.5. The molecule has 0 saturated heterocycles. The molecule has 0 saturated carbocycles. The largest absolute Gasteiger partial charge is 0.295 e. The van der Waals surface area contributed by atoms with E-state index in [9.17, 15) is 4.79 Å². The number of carbonyl (C=O) groups is 1. The van der Waals surface area contributed by atoms with Crippen LogP contribution in [0.4, 0.5) is 0 Å². The molecule has 0 atom stereocenters. The summed E-state index contributed by atoms with van der Waals surface area (Å²) in [6, 6.07) is 33.0. The second-order valence-corrected chi connectivity index (χ2v) is 13.7. The molecular weight excluding hydrogens is 443 g/mol. The van der Waals surface area contributed by atoms with Crippen molar-refractivity contribution >= 4 is 29.0 Å². The van der Waals surface area contributed by atoms with E-state index in [1.165, 1.54) is 27.1 Å². The van der Waals surface area contributed by atoms with Crippen LogP contribution in [0.15, 0.2) is 126 Å². The molecule has 0 spiro atoms. The maximum atomic E-state index is 12.4. The predicted molar refractivity (Wildman–Crippen MR) is 154 cm³/mol. The summed E-state index contributed by atoms with van der Waals surface area (Å²) in [6.07, 6.45) is 9.30. The van der Waals surface area contributed by atoms with Crippen molar-refractivity contribution in [3.8, 4) is 0 Å². The van der Waals surface area contributed by atoms with Gasteiger partial charge in [-0.25, -0.2) is 0 Å². The second kappa shape index (κ2) is 10.7. The average molecular weight is 480 g/mol. The summed E-state index contributed by atoms with van der Waals surface area (Å²) in [4.78, 5) is 12.4. The molecule has 0 unspecified atom stereocenters. The first kappa shape index (κ1) is 25.1. The summed E-state index contributed by atoms with van der Waals surface area (Å²) in [5.41, 5.74) is 3.36. The first-order valence-corrected chi connectivity index (χ1v) is 14.5. The quantitative estimate of drug-likeness (QED) is 0.259. The lowest BCUT2D eigenvalue weighted by Crippen LogP contribution is -2.33. The maximum absolute atomic E-state index is 12.4. The molecule has 4 rings (SSSR count). The number of rotatable bonds is 7. The van der Waals surface area contributed by atoms with Gasteiger partial charge in [0.25, 0.3) is 0 Å². The van der Waals surface area contributed by atoms with Crippen LogP contribution in [0.1, 0.15) is 40.5 Å². The predicted octanol–water partition coefficient (Wildman–Crippen LogP) is 7.19. The van der Waals surface area contributed by atoms with Crippen LogP contribution in [-0.4, -0.2) is 11.9 Å². The normalized spacial score (nSPS) is 16.7. The summed E-state index contributed by atoms with van der Waals surface area (Å²) in [5.74, 6) is 0.285. The Morgan fingerprint density at radius 2 is 1.29 bits per heavy atom. The molecule has 0 N–H and O–H groups in total. The number of benzene rings is 3. The van der Waals surface area contributed by atoms with E-state index in [-0.39, 0.29) is 11.2 Å². The van der Waals surface area contributed by atoms with Crippen molar-refractivity contribution in [2.45, 2.75) is 40.5 Å². The SMILES string of the molecule is CC(C=CC1=C(C)C(=O)CCC1(C)C)=CC[P+](c1ccccc1)(c1ccccc1)c1ccccc1. The van der Waals surface area contributed by atoms with E-state index >= 15 is 0 Å². The van der Waals surface area contributed by atoms with Crippen LogP contribution in [0, 0.1) is 5.41 Å². The molecule has 3 aromatic carbocycles. The lowest BCUT2D eigenvalue weighted by atomic mass is 9.72. The summed E-state index contributed by atoms with van der Waals surface area (Å²) in [7, 11) is -1.89. The van der Waals surface area contributed by atoms with E-state index in [1.807, 2.05) is 6.92 Å². The summed E-state index contributed by atoms with van der Waals surface area (Å²) >= 11 is 0. The van der Waals surface area contributed by atoms with Gasteiger partial charge in [-0.3, -0.25) is 4.79 Å². The fraction of sp³-hybridized carbons (Fsp3) is 0.242. The second-order valence-electron chi connectivity index (χ2n) is 10.1. The summed E-state index contributed by atoms with van der Waals surface area (Å²) in [5, 5.41) is 4.17. The topological polar surface area (TPSA) is 17.1 Å². The van der Waals surface area contributed by atoms with Gasteiger partial charge in [0.2, 0.25) is 0 Å². The molecule has 1 aliphatic rings. The van der Waals surface area contributed by atoms with Gasteiger partial charge in [-0.05, 0) is 79.3 Å². The third-order valence-corrected chi connectivity index (χ3v) is 11.6. The van der Waals surface area contributed by atoms with Crippen LogP contribution in [0.3, 0.4) is 0 Å². The van der Waals surface area contributed by atoms with Gasteiger partial charge in [-0.15, -0.1) is 0 Å². The van der Waals surface area contributed by atoms with Crippen molar-refractivity contribution in [1.82, 2.24) is 0 Å². The third kappa shape index (κ3) is 5.31. The molecule has 3 aromatic rings. The van der Waals surface area contributed by atoms with E-state index < -0.39 is 7.26 Å². The summed E-state index contributed by atoms with van der Waals surface area (Å²) < 4.78 is 0. The van der Waals surface area contributed by atoms with Gasteiger partial charge in [-0.2, -0.15) is 0 Å². The monoisotopic (exact) mass is 479 g/mol. The minimum atomic E-state index is -1.89. The van der Waals surface area contributed by atoms with Crippen molar-refractivity contribution < 1.29 is 4.79 Å². The number of Topliss-reactive ketones (excluding diaryl/α,β-unsaturated/α-hetero) is 1. The Bertz CT molecular complexity index is 1150. The molecule has 0 amide bonds. The Balaban J connectivity index is 1.78. The standard InChI is InChI=1S/C33H36OP/c1-26(20-21-31-27(2)32(34)22-24-33(31,3)4)23-25-35(28-14-8-5-9-15-28,29-16-10-6-11-17-29)30-18-12-7-13-19-30/h5-21,23H,22,24-25H2,1-4H3/q+1. The van der Waals surface area contributed by atoms with Gasteiger partial charge in [0, 0.05) is 6.42 Å². The van der Waals surface area contributed by atoms with Gasteiger partial charge >= 0.3 is 0 Å². The molecule has 1 aliphatic carbocycles. The number of allylic oxidation sites excluding steroid dienone is 6. The Kier molecular flexibility index (Phi) is 7.68. The van der Waals surface area contributed by atoms with E-state index in [0.717, 1.165) is 18.2 Å². The van der Waals surface area contributed by atoms with Crippen molar-refractivity contribution in [2.75, 3.05) is 6.16 Å². The highest BCUT2D eigenvalue weighted by Gasteiger charge is 2.44. The van der Waals surface area contributed by atoms with Gasteiger partial charge in [0.15, 0.2) is 5.78 Å². The Labute approximate surface area is 211 Å². The van der Waals surface area contributed by atoms with E-state index in [2.05, 4.69) is 130 Å². The number of hydrogen-bond donors (Lipinski definition) is 0. The van der Waals surface area contributed by atoms with Crippen molar-refractivity contribution in [3.05, 3.63) is 126 Å². The van der Waals surface area contributed by atoms with Crippen LogP contribution >= 0.6 is 7.26 Å². The molecule has 178 valence electrons. The minimum Gasteiger partial charge on any atom is -0.295 e. The Hall–Kier alpha value is -3.02. The van der Waals surface area contributed by atoms with Crippen LogP contribution in [0.2, 0.25) is 0 Å². The molecule has 0 fully saturated rings. The summed E-state index contributed by atoms with van der Waals surface area (Å²) in [6.45, 7) is 8.66. The van der Waals surface area contributed by atoms with Gasteiger partial charge in [0.1, 0.15) is 23.2 Å². The molecule has 2 heteroatoms. The molecule has 0 radical (unpaired) electrons. The smallest absolute Gasteiger partial charge is 0.158 e. The fourth-order valence-electron chi connectivity index (χ4n) is 5.13. The molecular formula is C33H36OP+. The van der Waals surface area contributed by atoms with E-state index in [1.54, 1.807) is 0 Å². The van der Waals surface area contributed by atoms with Crippen molar-refractivity contribution in [1.29, 1.82) is 0 Å². The third-order valence-electron chi connectivity index (χ3n) is 7.32. The minimum absolute atomic E-state index is 0.0314. The van der Waals surface area contributed by atoms with Crippen LogP contribution in [-0.2, 0) is 4.79 Å². The maximum Gasteiger partial charge on any atom is 0.158 e. The zero-order valence-corrected chi connectivity index (χ0v) is 22.3. The molecule has 0 aromatic heterocycles. The Morgan fingerprint density at radius 1 is 0.829 bits per heavy atom. The highest BCUT2D eigenvalue weighted by Crippen LogP contribution is 2.55. The van der Waals surface area contributed by atoms with Crippen molar-refractivity contribution in [3.63, 3.8) is 0 Å². The van der Waals surface area contributed by atoms with E-state index in [4.69, 9.17) is 0 Å². The molecule has 0 heterocycles. The molecule has 1 nitrogen and oxygen atoms in total. The van der Waals surface area contributed by atoms with Gasteiger partial charge in [-0.1, -0.05) is 86.2 Å². The van der Waals surface area contributed by atoms with Crippen LogP contribution in [0.25, 0.3) is 0 Å². The number of carbonyl (C=O) groups excluding carboxylic acids is 1. The van der Waals surface area contributed by atoms with Crippen molar-refractivity contribution in [2.24, 2.45) is 5.41 Å². The zero-order chi connectivity index (χ0) is 24.9. The molecule has 0 bridgehead atoms. The highest BCUT2D eigenvalue weighted by atomic mass is 31.2. The number of hydrogen-bond acceptors (Lipinski definition) is 1. The zero-order valence-electron chi connectivity index (χ0n) is 21.4. The van der Waals surface area contributed by atoms with E-state index in [0.29, 0.717) is 6.42 Å². The van der Waals surface area contributed by atoms with Crippen LogP contribution < -0.4 is 15.9 Å². The highest BCUT2D eigenvalue weighted by molar-refractivity contribution is 7.95. The lowest BCUT2D eigenvalue weighted by Gasteiger charge is -2.32.